The van der Waals surface area contributed by atoms with Crippen LogP contribution in [0.15, 0.2) is 12.5 Å². The van der Waals surface area contributed by atoms with Crippen LogP contribution in [-0.2, 0) is 25.6 Å². The molecule has 14 nitrogen and oxygen atoms in total. The number of carbonyl (C=O) groups is 4. The Balaban J connectivity index is 2.96. The molecule has 4 unspecified atom stereocenters. The van der Waals surface area contributed by atoms with E-state index in [0.717, 1.165) is 6.42 Å². The number of hydrogen-bond donors (Lipinski definition) is 9. The molecule has 0 aromatic carbocycles. The van der Waals surface area contributed by atoms with Gasteiger partial charge >= 0.3 is 5.97 Å². The van der Waals surface area contributed by atoms with Crippen molar-refractivity contribution in [2.75, 3.05) is 19.7 Å². The van der Waals surface area contributed by atoms with Crippen molar-refractivity contribution in [2.45, 2.75) is 69.1 Å². The average Bonchev–Trinajstić information content (AvgIpc) is 3.34. The molecule has 0 aliphatic heterocycles. The molecule has 1 aromatic heterocycles. The van der Waals surface area contributed by atoms with Gasteiger partial charge in [-0.05, 0) is 45.2 Å². The van der Waals surface area contributed by atoms with Crippen molar-refractivity contribution in [3.63, 3.8) is 0 Å². The van der Waals surface area contributed by atoms with Crippen LogP contribution in [0.25, 0.3) is 0 Å². The molecule has 0 radical (unpaired) electrons. The molecule has 0 saturated heterocycles. The van der Waals surface area contributed by atoms with E-state index in [1.165, 1.54) is 12.5 Å². The molecule has 14 heteroatoms. The van der Waals surface area contributed by atoms with Gasteiger partial charge in [-0.2, -0.15) is 0 Å². The maximum Gasteiger partial charge on any atom is 0.328 e. The number of aliphatic hydroxyl groups excluding tert-OH is 1. The van der Waals surface area contributed by atoms with Gasteiger partial charge in [0.2, 0.25) is 17.7 Å². The number of imidazole rings is 1. The van der Waals surface area contributed by atoms with Gasteiger partial charge in [0.1, 0.15) is 18.1 Å². The van der Waals surface area contributed by atoms with Crippen molar-refractivity contribution in [1.29, 1.82) is 0 Å². The number of aromatic amines is 1. The lowest BCUT2D eigenvalue weighted by molar-refractivity contribution is -0.143. The topological polar surface area (TPSA) is 252 Å². The molecule has 0 saturated carbocycles. The quantitative estimate of drug-likeness (QED) is 0.0931. The first-order valence-electron chi connectivity index (χ1n) is 11.6. The molecule has 1 heterocycles. The molecular formula is C21H38N8O6. The Bertz CT molecular complexity index is 791. The summed E-state index contributed by atoms with van der Waals surface area (Å²) in [7, 11) is 0. The van der Waals surface area contributed by atoms with Gasteiger partial charge in [-0.25, -0.2) is 9.78 Å². The molecule has 12 N–H and O–H groups in total. The lowest BCUT2D eigenvalue weighted by atomic mass is 10.0. The molecular weight excluding hydrogens is 460 g/mol. The van der Waals surface area contributed by atoms with Gasteiger partial charge < -0.3 is 48.3 Å². The number of rotatable bonds is 18. The molecule has 3 amide bonds. The van der Waals surface area contributed by atoms with E-state index in [-0.39, 0.29) is 12.8 Å². The van der Waals surface area contributed by atoms with E-state index in [4.69, 9.17) is 22.3 Å². The summed E-state index contributed by atoms with van der Waals surface area (Å²) in [6, 6.07) is -4.56. The van der Waals surface area contributed by atoms with Crippen LogP contribution in [-0.4, -0.2) is 87.7 Å². The van der Waals surface area contributed by atoms with Crippen molar-refractivity contribution in [3.8, 4) is 0 Å². The second-order valence-electron chi connectivity index (χ2n) is 8.16. The number of aliphatic hydroxyl groups is 1. The zero-order valence-electron chi connectivity index (χ0n) is 19.7. The molecule has 1 rings (SSSR count). The van der Waals surface area contributed by atoms with E-state index in [1.807, 2.05) is 0 Å². The van der Waals surface area contributed by atoms with E-state index in [2.05, 4.69) is 25.9 Å². The highest BCUT2D eigenvalue weighted by Crippen LogP contribution is 2.06. The van der Waals surface area contributed by atoms with Crippen LogP contribution in [0.4, 0.5) is 0 Å². The third-order valence-corrected chi connectivity index (χ3v) is 5.29. The summed E-state index contributed by atoms with van der Waals surface area (Å²) in [6.07, 6.45) is 6.03. The summed E-state index contributed by atoms with van der Waals surface area (Å²) < 4.78 is 0. The predicted octanol–water partition coefficient (Wildman–Crippen LogP) is -2.93. The minimum absolute atomic E-state index is 0.0303. The van der Waals surface area contributed by atoms with Crippen LogP contribution in [0, 0.1) is 0 Å². The molecule has 0 fully saturated rings. The first-order chi connectivity index (χ1) is 16.7. The highest BCUT2D eigenvalue weighted by Gasteiger charge is 2.30. The molecule has 198 valence electrons. The first-order valence-corrected chi connectivity index (χ1v) is 11.6. The summed E-state index contributed by atoms with van der Waals surface area (Å²) in [5, 5.41) is 25.8. The highest BCUT2D eigenvalue weighted by molar-refractivity contribution is 5.94. The third-order valence-electron chi connectivity index (χ3n) is 5.29. The highest BCUT2D eigenvalue weighted by atomic mass is 16.4. The van der Waals surface area contributed by atoms with Gasteiger partial charge in [0.15, 0.2) is 0 Å². The normalized spacial score (nSPS) is 14.4. The van der Waals surface area contributed by atoms with Crippen LogP contribution < -0.4 is 33.2 Å². The fourth-order valence-corrected chi connectivity index (χ4v) is 3.24. The fourth-order valence-electron chi connectivity index (χ4n) is 3.24. The van der Waals surface area contributed by atoms with E-state index in [1.54, 1.807) is 0 Å². The Kier molecular flexibility index (Phi) is 14.2. The molecule has 0 aliphatic carbocycles. The number of carboxylic acids is 1. The number of nitrogens with zero attached hydrogens (tertiary/aromatic N) is 1. The molecule has 0 bridgehead atoms. The van der Waals surface area contributed by atoms with Gasteiger partial charge in [-0.3, -0.25) is 14.4 Å². The van der Waals surface area contributed by atoms with Crippen molar-refractivity contribution in [1.82, 2.24) is 25.9 Å². The summed E-state index contributed by atoms with van der Waals surface area (Å²) >= 11 is 0. The van der Waals surface area contributed by atoms with Crippen LogP contribution in [0.1, 0.15) is 44.2 Å². The number of hydrogen-bond acceptors (Lipinski definition) is 9. The summed E-state index contributed by atoms with van der Waals surface area (Å²) in [6.45, 7) is 0.0619. The van der Waals surface area contributed by atoms with E-state index < -0.39 is 54.5 Å². The summed E-state index contributed by atoms with van der Waals surface area (Å²) in [4.78, 5) is 56.3. The Morgan fingerprint density at radius 3 is 2.00 bits per heavy atom. The Morgan fingerprint density at radius 1 is 0.886 bits per heavy atom. The minimum atomic E-state index is -1.55. The number of aromatic nitrogens is 2. The SMILES string of the molecule is NCCCCC(N)C(=O)NC(CCCCN)C(=O)NC(Cc1cnc[nH]1)C(=O)NC(CO)C(=O)O. The number of carboxylic acid groups (broad SMARTS) is 1. The molecule has 35 heavy (non-hydrogen) atoms. The number of nitrogens with two attached hydrogens (primary N) is 3. The third kappa shape index (κ3) is 11.3. The lowest BCUT2D eigenvalue weighted by Gasteiger charge is -2.25. The van der Waals surface area contributed by atoms with Crippen LogP contribution in [0.2, 0.25) is 0 Å². The van der Waals surface area contributed by atoms with Crippen LogP contribution in [0.3, 0.4) is 0 Å². The van der Waals surface area contributed by atoms with E-state index >= 15 is 0 Å². The van der Waals surface area contributed by atoms with Crippen molar-refractivity contribution in [2.24, 2.45) is 17.2 Å². The molecule has 0 spiro atoms. The first kappa shape index (κ1) is 30.0. The average molecular weight is 499 g/mol. The Morgan fingerprint density at radius 2 is 1.46 bits per heavy atom. The predicted molar refractivity (Wildman–Crippen MR) is 127 cm³/mol. The zero-order chi connectivity index (χ0) is 26.2. The van der Waals surface area contributed by atoms with Crippen molar-refractivity contribution in [3.05, 3.63) is 18.2 Å². The maximum atomic E-state index is 13.1. The van der Waals surface area contributed by atoms with E-state index in [9.17, 15) is 24.3 Å². The zero-order valence-corrected chi connectivity index (χ0v) is 19.7. The molecule has 1 aromatic rings. The van der Waals surface area contributed by atoms with Gasteiger partial charge in [0, 0.05) is 18.3 Å². The summed E-state index contributed by atoms with van der Waals surface area (Å²) in [5.41, 5.74) is 17.5. The second-order valence-corrected chi connectivity index (χ2v) is 8.16. The van der Waals surface area contributed by atoms with Crippen molar-refractivity contribution < 1.29 is 29.4 Å². The van der Waals surface area contributed by atoms with Gasteiger partial charge in [-0.1, -0.05) is 6.42 Å². The number of nitrogens with one attached hydrogen (secondary N) is 4. The molecule has 4 atom stereocenters. The number of carbonyl (C=O) groups excluding carboxylic acids is 3. The number of amides is 3. The Hall–Kier alpha value is -3.07. The van der Waals surface area contributed by atoms with E-state index in [0.29, 0.717) is 44.5 Å². The minimum Gasteiger partial charge on any atom is -0.480 e. The molecule has 0 aliphatic rings. The Labute approximate surface area is 203 Å². The van der Waals surface area contributed by atoms with Crippen molar-refractivity contribution >= 4 is 23.7 Å². The van der Waals surface area contributed by atoms with Crippen LogP contribution >= 0.6 is 0 Å². The van der Waals surface area contributed by atoms with Gasteiger partial charge in [0.25, 0.3) is 0 Å². The van der Waals surface area contributed by atoms with Crippen LogP contribution in [0.5, 0.6) is 0 Å². The fraction of sp³-hybridized carbons (Fsp3) is 0.667. The number of unbranched alkanes of at least 4 members (excludes halogenated alkanes) is 2. The number of aliphatic carboxylic acids is 1. The number of H-pyrrole nitrogens is 1. The largest absolute Gasteiger partial charge is 0.480 e. The maximum absolute atomic E-state index is 13.1. The second kappa shape index (κ2) is 16.5. The smallest absolute Gasteiger partial charge is 0.328 e. The van der Waals surface area contributed by atoms with Gasteiger partial charge in [-0.15, -0.1) is 0 Å². The standard InChI is InChI=1S/C21H38N8O6/c22-7-3-1-5-14(24)18(31)27-15(6-2-4-8-23)19(32)28-16(9-13-10-25-12-26-13)20(33)29-17(11-30)21(34)35/h10,12,14-17,30H,1-9,11,22-24H2,(H,25,26)(H,27,31)(H,28,32)(H,29,33)(H,34,35). The lowest BCUT2D eigenvalue weighted by Crippen LogP contribution is -2.58. The summed E-state index contributed by atoms with van der Waals surface area (Å²) in [5.74, 6) is -3.39. The van der Waals surface area contributed by atoms with Gasteiger partial charge in [0.05, 0.1) is 19.0 Å². The monoisotopic (exact) mass is 498 g/mol.